The largest absolute Gasteiger partial charge is 0.497 e. The van der Waals surface area contributed by atoms with Gasteiger partial charge in [0.05, 0.1) is 7.11 Å². The molecule has 2 heteroatoms. The molecule has 0 aromatic heterocycles. The fourth-order valence-corrected chi connectivity index (χ4v) is 4.59. The Bertz CT molecular complexity index is 484. The van der Waals surface area contributed by atoms with Gasteiger partial charge in [-0.25, -0.2) is 0 Å². The predicted octanol–water partition coefficient (Wildman–Crippen LogP) is 3.68. The number of methoxy groups -OCH3 is 1. The van der Waals surface area contributed by atoms with E-state index in [9.17, 15) is 0 Å². The van der Waals surface area contributed by atoms with Crippen LogP contribution in [0.15, 0.2) is 18.2 Å². The van der Waals surface area contributed by atoms with Crippen LogP contribution in [0.3, 0.4) is 0 Å². The Kier molecular flexibility index (Phi) is 3.76. The molecule has 0 bridgehead atoms. The highest BCUT2D eigenvalue weighted by Crippen LogP contribution is 2.50. The second kappa shape index (κ2) is 5.40. The average Bonchev–Trinajstić information content (AvgIpc) is 2.47. The molecule has 2 nitrogen and oxygen atoms in total. The van der Waals surface area contributed by atoms with Crippen LogP contribution in [0.25, 0.3) is 0 Å². The van der Waals surface area contributed by atoms with Crippen LogP contribution < -0.4 is 10.1 Å². The Hall–Kier alpha value is -1.02. The number of benzene rings is 1. The topological polar surface area (TPSA) is 21.3 Å². The van der Waals surface area contributed by atoms with E-state index in [0.717, 1.165) is 18.2 Å². The lowest BCUT2D eigenvalue weighted by Gasteiger charge is -2.50. The number of fused-ring (bicyclic) bond motifs is 3. The summed E-state index contributed by atoms with van der Waals surface area (Å²) in [5.74, 6) is 1.78. The van der Waals surface area contributed by atoms with Crippen molar-refractivity contribution in [2.45, 2.75) is 57.4 Å². The fraction of sp³-hybridized carbons (Fsp3) is 0.667. The molecule has 1 aromatic rings. The molecule has 20 heavy (non-hydrogen) atoms. The summed E-state index contributed by atoms with van der Waals surface area (Å²) in [6.45, 7) is 5.78. The van der Waals surface area contributed by atoms with Crippen LogP contribution in [0, 0.1) is 5.92 Å². The summed E-state index contributed by atoms with van der Waals surface area (Å²) < 4.78 is 5.46. The minimum atomic E-state index is 0.327. The predicted molar refractivity (Wildman–Crippen MR) is 83.5 cm³/mol. The molecule has 0 aliphatic heterocycles. The Labute approximate surface area is 122 Å². The molecule has 1 aromatic carbocycles. The molecule has 2 aliphatic rings. The zero-order valence-electron chi connectivity index (χ0n) is 13.0. The Morgan fingerprint density at radius 2 is 2.20 bits per heavy atom. The Morgan fingerprint density at radius 3 is 2.95 bits per heavy atom. The first kappa shape index (κ1) is 13.9. The second-order valence-electron chi connectivity index (χ2n) is 6.66. The van der Waals surface area contributed by atoms with Gasteiger partial charge >= 0.3 is 0 Å². The molecule has 0 unspecified atom stereocenters. The summed E-state index contributed by atoms with van der Waals surface area (Å²) in [6, 6.07) is 7.35. The molecule has 0 amide bonds. The number of ether oxygens (including phenoxy) is 1. The van der Waals surface area contributed by atoms with Crippen molar-refractivity contribution >= 4 is 0 Å². The first-order chi connectivity index (χ1) is 9.69. The van der Waals surface area contributed by atoms with Gasteiger partial charge < -0.3 is 10.1 Å². The maximum Gasteiger partial charge on any atom is 0.119 e. The summed E-state index contributed by atoms with van der Waals surface area (Å²) in [5.41, 5.74) is 3.40. The van der Waals surface area contributed by atoms with Crippen molar-refractivity contribution in [2.24, 2.45) is 5.92 Å². The second-order valence-corrected chi connectivity index (χ2v) is 6.66. The van der Waals surface area contributed by atoms with E-state index < -0.39 is 0 Å². The van der Waals surface area contributed by atoms with E-state index in [-0.39, 0.29) is 0 Å². The Morgan fingerprint density at radius 1 is 1.35 bits per heavy atom. The van der Waals surface area contributed by atoms with Crippen molar-refractivity contribution in [2.75, 3.05) is 13.7 Å². The Balaban J connectivity index is 2.05. The fourth-order valence-electron chi connectivity index (χ4n) is 4.59. The maximum absolute atomic E-state index is 5.46. The van der Waals surface area contributed by atoms with Crippen molar-refractivity contribution in [3.63, 3.8) is 0 Å². The lowest BCUT2D eigenvalue weighted by molar-refractivity contribution is 0.138. The van der Waals surface area contributed by atoms with Gasteiger partial charge in [-0.15, -0.1) is 0 Å². The van der Waals surface area contributed by atoms with Gasteiger partial charge in [0.1, 0.15) is 5.75 Å². The quantitative estimate of drug-likeness (QED) is 0.907. The third kappa shape index (κ3) is 2.14. The standard InChI is InChI=1S/C18H27NO/c1-4-19-17-11-13-8-9-14(20-3)12-16(13)18(2)10-6-5-7-15(17)18/h8-9,12,15,17,19H,4-7,10-11H2,1-3H3/t15-,17+,18-/m1/s1. The van der Waals surface area contributed by atoms with Gasteiger partial charge in [0, 0.05) is 6.04 Å². The average molecular weight is 273 g/mol. The molecule has 0 spiro atoms. The maximum atomic E-state index is 5.46. The van der Waals surface area contributed by atoms with Gasteiger partial charge in [0.15, 0.2) is 0 Å². The molecule has 110 valence electrons. The van der Waals surface area contributed by atoms with Crippen molar-refractivity contribution < 1.29 is 4.74 Å². The van der Waals surface area contributed by atoms with Crippen LogP contribution in [0.5, 0.6) is 5.75 Å². The summed E-state index contributed by atoms with van der Waals surface area (Å²) in [7, 11) is 1.77. The normalized spacial score (nSPS) is 32.4. The minimum Gasteiger partial charge on any atom is -0.497 e. The number of nitrogens with one attached hydrogen (secondary N) is 1. The molecular weight excluding hydrogens is 246 g/mol. The highest BCUT2D eigenvalue weighted by molar-refractivity contribution is 5.44. The molecule has 2 aliphatic carbocycles. The third-order valence-corrected chi connectivity index (χ3v) is 5.60. The van der Waals surface area contributed by atoms with Crippen LogP contribution in [0.4, 0.5) is 0 Å². The summed E-state index contributed by atoms with van der Waals surface area (Å²) >= 11 is 0. The van der Waals surface area contributed by atoms with Gasteiger partial charge in [-0.2, -0.15) is 0 Å². The summed E-state index contributed by atoms with van der Waals surface area (Å²) in [5, 5.41) is 3.75. The van der Waals surface area contributed by atoms with Crippen molar-refractivity contribution in [3.8, 4) is 5.75 Å². The molecule has 1 fully saturated rings. The van der Waals surface area contributed by atoms with Crippen LogP contribution in [0.2, 0.25) is 0 Å². The van der Waals surface area contributed by atoms with Crippen molar-refractivity contribution in [3.05, 3.63) is 29.3 Å². The van der Waals surface area contributed by atoms with Gasteiger partial charge in [0.25, 0.3) is 0 Å². The number of likely N-dealkylation sites (N-methyl/N-ethyl adjacent to an activating group) is 1. The molecule has 3 rings (SSSR count). The van der Waals surface area contributed by atoms with Crippen molar-refractivity contribution in [1.29, 1.82) is 0 Å². The molecule has 1 N–H and O–H groups in total. The van der Waals surface area contributed by atoms with E-state index in [1.54, 1.807) is 12.7 Å². The van der Waals surface area contributed by atoms with Crippen molar-refractivity contribution in [1.82, 2.24) is 5.32 Å². The van der Waals surface area contributed by atoms with Gasteiger partial charge in [-0.3, -0.25) is 0 Å². The third-order valence-electron chi connectivity index (χ3n) is 5.60. The number of hydrogen-bond acceptors (Lipinski definition) is 2. The van der Waals surface area contributed by atoms with E-state index in [1.165, 1.54) is 37.7 Å². The van der Waals surface area contributed by atoms with Gasteiger partial charge in [0.2, 0.25) is 0 Å². The lowest BCUT2D eigenvalue weighted by atomic mass is 9.56. The van der Waals surface area contributed by atoms with E-state index in [2.05, 4.69) is 37.4 Å². The van der Waals surface area contributed by atoms with Gasteiger partial charge in [-0.1, -0.05) is 32.8 Å². The lowest BCUT2D eigenvalue weighted by Crippen LogP contribution is -2.52. The number of rotatable bonds is 3. The van der Waals surface area contributed by atoms with Crippen LogP contribution >= 0.6 is 0 Å². The highest BCUT2D eigenvalue weighted by Gasteiger charge is 2.46. The highest BCUT2D eigenvalue weighted by atomic mass is 16.5. The van der Waals surface area contributed by atoms with E-state index in [0.29, 0.717) is 11.5 Å². The molecular formula is C18H27NO. The molecule has 3 atom stereocenters. The zero-order valence-corrected chi connectivity index (χ0v) is 13.0. The SMILES string of the molecule is CCN[C@H]1Cc2ccc(OC)cc2[C@]2(C)CCCC[C@H]12. The zero-order chi connectivity index (χ0) is 14.2. The van der Waals surface area contributed by atoms with Gasteiger partial charge in [-0.05, 0) is 60.4 Å². The smallest absolute Gasteiger partial charge is 0.119 e. The summed E-state index contributed by atoms with van der Waals surface area (Å²) in [6.07, 6.45) is 6.61. The number of hydrogen-bond donors (Lipinski definition) is 1. The molecule has 0 saturated heterocycles. The van der Waals surface area contributed by atoms with E-state index >= 15 is 0 Å². The van der Waals surface area contributed by atoms with E-state index in [1.807, 2.05) is 0 Å². The monoisotopic (exact) mass is 273 g/mol. The van der Waals surface area contributed by atoms with Crippen LogP contribution in [0.1, 0.15) is 50.7 Å². The minimum absolute atomic E-state index is 0.327. The first-order valence-corrected chi connectivity index (χ1v) is 8.10. The van der Waals surface area contributed by atoms with Crippen LogP contribution in [-0.2, 0) is 11.8 Å². The summed E-state index contributed by atoms with van der Waals surface area (Å²) in [4.78, 5) is 0. The van der Waals surface area contributed by atoms with E-state index in [4.69, 9.17) is 4.74 Å². The molecule has 0 radical (unpaired) electrons. The molecule has 0 heterocycles. The first-order valence-electron chi connectivity index (χ1n) is 8.10. The van der Waals surface area contributed by atoms with Crippen LogP contribution in [-0.4, -0.2) is 19.7 Å². The molecule has 1 saturated carbocycles.